The fourth-order valence-electron chi connectivity index (χ4n) is 1.51. The molecule has 0 atom stereocenters. The van der Waals surface area contributed by atoms with Crippen molar-refractivity contribution in [3.63, 3.8) is 0 Å². The van der Waals surface area contributed by atoms with E-state index in [9.17, 15) is 0 Å². The third-order valence-electron chi connectivity index (χ3n) is 2.33. The van der Waals surface area contributed by atoms with Crippen LogP contribution in [0.25, 0.3) is 10.8 Å². The Morgan fingerprint density at radius 1 is 1.07 bits per heavy atom. The van der Waals surface area contributed by atoms with Crippen LogP contribution < -0.4 is 4.90 Å². The van der Waals surface area contributed by atoms with E-state index in [2.05, 4.69) is 78.0 Å². The van der Waals surface area contributed by atoms with E-state index in [1.54, 1.807) is 0 Å². The summed E-state index contributed by atoms with van der Waals surface area (Å²) in [6, 6.07) is 13.0. The van der Waals surface area contributed by atoms with Gasteiger partial charge in [-0.2, -0.15) is 0 Å². The lowest BCUT2D eigenvalue weighted by Gasteiger charge is -2.13. The quantitative estimate of drug-likeness (QED) is 0.728. The lowest BCUT2D eigenvalue weighted by molar-refractivity contribution is 1.13. The van der Waals surface area contributed by atoms with Crippen LogP contribution in [0.4, 0.5) is 5.69 Å². The maximum Gasteiger partial charge on any atom is 0.0367 e. The minimum Gasteiger partial charge on any atom is -0.378 e. The van der Waals surface area contributed by atoms with Gasteiger partial charge in [0.2, 0.25) is 0 Å². The summed E-state index contributed by atoms with van der Waals surface area (Å²) in [4.78, 5) is 2.12. The normalized spacial score (nSPS) is 10.5. The summed E-state index contributed by atoms with van der Waals surface area (Å²) in [6.07, 6.45) is 0. The van der Waals surface area contributed by atoms with Gasteiger partial charge in [0.1, 0.15) is 0 Å². The van der Waals surface area contributed by atoms with E-state index in [0.29, 0.717) is 0 Å². The summed E-state index contributed by atoms with van der Waals surface area (Å²) in [6.45, 7) is 0. The largest absolute Gasteiger partial charge is 0.378 e. The highest BCUT2D eigenvalue weighted by Gasteiger charge is 2.00. The summed E-state index contributed by atoms with van der Waals surface area (Å²) in [5.74, 6) is 0. The summed E-state index contributed by atoms with van der Waals surface area (Å²) in [5.41, 5.74) is 1.25. The number of nitrogens with zero attached hydrogens (tertiary/aromatic N) is 1. The first-order valence-electron chi connectivity index (χ1n) is 4.54. The minimum absolute atomic E-state index is 1.25. The van der Waals surface area contributed by atoms with Crippen LogP contribution in [-0.4, -0.2) is 14.1 Å². The third-order valence-corrected chi connectivity index (χ3v) is 3.27. The molecule has 72 valence electrons. The maximum absolute atomic E-state index is 2.37. The van der Waals surface area contributed by atoms with Gasteiger partial charge in [-0.05, 0) is 51.6 Å². The molecule has 0 fully saturated rings. The Labute approximate surface area is 97.9 Å². The molecule has 0 spiro atoms. The highest BCUT2D eigenvalue weighted by atomic mass is 127. The SMILES string of the molecule is CN(C)c1ccc2c(I)cccc2c1. The van der Waals surface area contributed by atoms with Gasteiger partial charge in [-0.1, -0.05) is 18.2 Å². The van der Waals surface area contributed by atoms with Crippen molar-refractivity contribution in [3.8, 4) is 0 Å². The van der Waals surface area contributed by atoms with Crippen molar-refractivity contribution in [3.05, 3.63) is 40.0 Å². The molecule has 0 aromatic heterocycles. The summed E-state index contributed by atoms with van der Waals surface area (Å²) in [7, 11) is 4.13. The van der Waals surface area contributed by atoms with Crippen molar-refractivity contribution in [1.29, 1.82) is 0 Å². The Kier molecular flexibility index (Phi) is 2.63. The number of halogens is 1. The van der Waals surface area contributed by atoms with Crippen LogP contribution >= 0.6 is 22.6 Å². The molecule has 2 rings (SSSR count). The average molecular weight is 297 g/mol. The van der Waals surface area contributed by atoms with Crippen molar-refractivity contribution in [2.45, 2.75) is 0 Å². The predicted molar refractivity (Wildman–Crippen MR) is 71.0 cm³/mol. The lowest BCUT2D eigenvalue weighted by atomic mass is 10.1. The van der Waals surface area contributed by atoms with Crippen LogP contribution in [0.1, 0.15) is 0 Å². The molecule has 14 heavy (non-hydrogen) atoms. The summed E-state index contributed by atoms with van der Waals surface area (Å²) in [5, 5.41) is 2.64. The van der Waals surface area contributed by atoms with E-state index < -0.39 is 0 Å². The van der Waals surface area contributed by atoms with Crippen LogP contribution in [0.2, 0.25) is 0 Å². The standard InChI is InChI=1S/C12H12IN/c1-14(2)10-6-7-11-9(8-10)4-3-5-12(11)13/h3-8H,1-2H3. The molecule has 1 nitrogen and oxygen atoms in total. The first kappa shape index (κ1) is 9.77. The molecule has 2 heteroatoms. The second kappa shape index (κ2) is 3.77. The van der Waals surface area contributed by atoms with Crippen LogP contribution in [0, 0.1) is 3.57 Å². The Hall–Kier alpha value is -0.770. The predicted octanol–water partition coefficient (Wildman–Crippen LogP) is 3.51. The van der Waals surface area contributed by atoms with Crippen molar-refractivity contribution in [2.75, 3.05) is 19.0 Å². The number of hydrogen-bond donors (Lipinski definition) is 0. The van der Waals surface area contributed by atoms with Gasteiger partial charge in [-0.3, -0.25) is 0 Å². The van der Waals surface area contributed by atoms with E-state index >= 15 is 0 Å². The van der Waals surface area contributed by atoms with Crippen molar-refractivity contribution >= 4 is 39.1 Å². The number of fused-ring (bicyclic) bond motifs is 1. The second-order valence-corrected chi connectivity index (χ2v) is 4.70. The zero-order valence-corrected chi connectivity index (χ0v) is 10.4. The number of hydrogen-bond acceptors (Lipinski definition) is 1. The highest BCUT2D eigenvalue weighted by molar-refractivity contribution is 14.1. The molecule has 2 aromatic carbocycles. The zero-order valence-electron chi connectivity index (χ0n) is 8.29. The van der Waals surface area contributed by atoms with Crippen LogP contribution in [0.5, 0.6) is 0 Å². The van der Waals surface area contributed by atoms with Gasteiger partial charge in [0.25, 0.3) is 0 Å². The van der Waals surface area contributed by atoms with E-state index in [1.807, 2.05) is 0 Å². The van der Waals surface area contributed by atoms with Crippen molar-refractivity contribution < 1.29 is 0 Å². The molecule has 0 N–H and O–H groups in total. The topological polar surface area (TPSA) is 3.24 Å². The molecule has 0 unspecified atom stereocenters. The maximum atomic E-state index is 2.37. The Balaban J connectivity index is 2.67. The molecule has 0 bridgehead atoms. The lowest BCUT2D eigenvalue weighted by Crippen LogP contribution is -2.08. The second-order valence-electron chi connectivity index (χ2n) is 3.54. The molecule has 0 amide bonds. The fourth-order valence-corrected chi connectivity index (χ4v) is 2.21. The van der Waals surface area contributed by atoms with Gasteiger partial charge >= 0.3 is 0 Å². The zero-order chi connectivity index (χ0) is 10.1. The van der Waals surface area contributed by atoms with Crippen LogP contribution in [0.3, 0.4) is 0 Å². The van der Waals surface area contributed by atoms with Gasteiger partial charge in [-0.15, -0.1) is 0 Å². The van der Waals surface area contributed by atoms with Crippen molar-refractivity contribution in [2.24, 2.45) is 0 Å². The summed E-state index contributed by atoms with van der Waals surface area (Å²) >= 11 is 2.37. The first-order chi connectivity index (χ1) is 6.68. The van der Waals surface area contributed by atoms with Gasteiger partial charge in [0.05, 0.1) is 0 Å². The number of anilines is 1. The molecule has 0 aliphatic heterocycles. The highest BCUT2D eigenvalue weighted by Crippen LogP contribution is 2.24. The summed E-state index contributed by atoms with van der Waals surface area (Å²) < 4.78 is 1.31. The van der Waals surface area contributed by atoms with Crippen LogP contribution in [-0.2, 0) is 0 Å². The molecule has 0 aliphatic carbocycles. The fraction of sp³-hybridized carbons (Fsp3) is 0.167. The molecular formula is C12H12IN. The molecule has 0 saturated carbocycles. The molecular weight excluding hydrogens is 285 g/mol. The van der Waals surface area contributed by atoms with Gasteiger partial charge < -0.3 is 4.90 Å². The number of benzene rings is 2. The monoisotopic (exact) mass is 297 g/mol. The van der Waals surface area contributed by atoms with E-state index in [0.717, 1.165) is 0 Å². The van der Waals surface area contributed by atoms with Crippen LogP contribution in [0.15, 0.2) is 36.4 Å². The smallest absolute Gasteiger partial charge is 0.0367 e. The molecule has 0 aliphatic rings. The van der Waals surface area contributed by atoms with Gasteiger partial charge in [0.15, 0.2) is 0 Å². The minimum atomic E-state index is 1.25. The molecule has 2 aromatic rings. The van der Waals surface area contributed by atoms with Gasteiger partial charge in [-0.25, -0.2) is 0 Å². The first-order valence-corrected chi connectivity index (χ1v) is 5.62. The third kappa shape index (κ3) is 1.71. The van der Waals surface area contributed by atoms with E-state index in [-0.39, 0.29) is 0 Å². The van der Waals surface area contributed by atoms with E-state index in [1.165, 1.54) is 20.0 Å². The Morgan fingerprint density at radius 3 is 2.57 bits per heavy atom. The molecule has 0 saturated heterocycles. The Bertz CT molecular complexity index is 463. The molecule has 0 radical (unpaired) electrons. The van der Waals surface area contributed by atoms with Crippen molar-refractivity contribution in [1.82, 2.24) is 0 Å². The molecule has 0 heterocycles. The Morgan fingerprint density at radius 2 is 1.86 bits per heavy atom. The van der Waals surface area contributed by atoms with E-state index in [4.69, 9.17) is 0 Å². The van der Waals surface area contributed by atoms with Gasteiger partial charge in [0, 0.05) is 23.4 Å². The number of rotatable bonds is 1. The average Bonchev–Trinajstić information content (AvgIpc) is 2.17.